The van der Waals surface area contributed by atoms with Crippen LogP contribution in [-0.2, 0) is 0 Å². The summed E-state index contributed by atoms with van der Waals surface area (Å²) in [5, 5.41) is 0. The molecule has 4 heteroatoms. The number of hydrogen-bond donors (Lipinski definition) is 1. The van der Waals surface area contributed by atoms with Crippen LogP contribution in [0.4, 0.5) is 0 Å². The quantitative estimate of drug-likeness (QED) is 0.696. The molecule has 3 N–H and O–H groups in total. The van der Waals surface area contributed by atoms with Crippen LogP contribution in [0.5, 0.6) is 11.5 Å². The van der Waals surface area contributed by atoms with Crippen LogP contribution in [0, 0.1) is 0 Å². The second-order valence-corrected chi connectivity index (χ2v) is 2.74. The summed E-state index contributed by atoms with van der Waals surface area (Å²) in [6, 6.07) is 5.07. The first-order valence-corrected chi connectivity index (χ1v) is 4.27. The van der Waals surface area contributed by atoms with Gasteiger partial charge in [0, 0.05) is 5.56 Å². The molecule has 0 saturated heterocycles. The fourth-order valence-electron chi connectivity index (χ4n) is 1.15. The van der Waals surface area contributed by atoms with E-state index in [1.807, 2.05) is 0 Å². The lowest BCUT2D eigenvalue weighted by Crippen LogP contribution is -2.54. The van der Waals surface area contributed by atoms with Gasteiger partial charge in [-0.05, 0) is 18.2 Å². The zero-order valence-electron chi connectivity index (χ0n) is 8.37. The molecule has 1 aromatic carbocycles. The molecule has 0 fully saturated rings. The van der Waals surface area contributed by atoms with Gasteiger partial charge in [-0.15, -0.1) is 0 Å². The van der Waals surface area contributed by atoms with Crippen molar-refractivity contribution in [3.63, 3.8) is 0 Å². The van der Waals surface area contributed by atoms with E-state index in [1.54, 1.807) is 25.3 Å². The number of benzene rings is 1. The van der Waals surface area contributed by atoms with Crippen molar-refractivity contribution in [1.29, 1.82) is 0 Å². The molecule has 1 aromatic rings. The highest BCUT2D eigenvalue weighted by molar-refractivity contribution is 5.97. The molecule has 14 heavy (non-hydrogen) atoms. The van der Waals surface area contributed by atoms with Gasteiger partial charge in [0.15, 0.2) is 11.5 Å². The van der Waals surface area contributed by atoms with Gasteiger partial charge in [-0.25, -0.2) is 0 Å². The minimum absolute atomic E-state index is 0.00838. The van der Waals surface area contributed by atoms with Crippen molar-refractivity contribution in [3.05, 3.63) is 23.8 Å². The van der Waals surface area contributed by atoms with Crippen LogP contribution in [0.15, 0.2) is 18.2 Å². The predicted molar refractivity (Wildman–Crippen MR) is 51.6 cm³/mol. The van der Waals surface area contributed by atoms with Crippen LogP contribution in [-0.4, -0.2) is 26.5 Å². The van der Waals surface area contributed by atoms with E-state index in [2.05, 4.69) is 5.73 Å². The molecule has 0 heterocycles. The number of methoxy groups -OCH3 is 2. The van der Waals surface area contributed by atoms with E-state index in [9.17, 15) is 4.79 Å². The van der Waals surface area contributed by atoms with E-state index < -0.39 is 0 Å². The number of Topliss-reactive ketones (excluding diaryl/α,β-unsaturated/α-hetero) is 1. The highest BCUT2D eigenvalue weighted by Gasteiger charge is 2.09. The summed E-state index contributed by atoms with van der Waals surface area (Å²) in [5.41, 5.74) is 4.13. The first-order chi connectivity index (χ1) is 6.72. The Morgan fingerprint density at radius 1 is 1.29 bits per heavy atom. The van der Waals surface area contributed by atoms with E-state index >= 15 is 0 Å². The summed E-state index contributed by atoms with van der Waals surface area (Å²) in [6.45, 7) is 0.246. The zero-order valence-corrected chi connectivity index (χ0v) is 8.37. The molecule has 0 spiro atoms. The third-order valence-corrected chi connectivity index (χ3v) is 1.93. The molecule has 0 aromatic heterocycles. The summed E-state index contributed by atoms with van der Waals surface area (Å²) in [5.74, 6) is 1.17. The molecule has 0 aliphatic carbocycles. The largest absolute Gasteiger partial charge is 0.493 e. The fourth-order valence-corrected chi connectivity index (χ4v) is 1.15. The van der Waals surface area contributed by atoms with Gasteiger partial charge in [-0.3, -0.25) is 4.79 Å². The number of ether oxygens (including phenoxy) is 2. The zero-order chi connectivity index (χ0) is 10.6. The van der Waals surface area contributed by atoms with Crippen molar-refractivity contribution >= 4 is 5.78 Å². The lowest BCUT2D eigenvalue weighted by molar-refractivity contribution is -0.349. The Morgan fingerprint density at radius 3 is 2.43 bits per heavy atom. The maximum atomic E-state index is 11.3. The van der Waals surface area contributed by atoms with Gasteiger partial charge >= 0.3 is 0 Å². The summed E-state index contributed by atoms with van der Waals surface area (Å²) >= 11 is 0. The highest BCUT2D eigenvalue weighted by atomic mass is 16.5. The van der Waals surface area contributed by atoms with Crippen LogP contribution < -0.4 is 15.2 Å². The van der Waals surface area contributed by atoms with E-state index in [0.717, 1.165) is 0 Å². The Hall–Kier alpha value is -1.55. The minimum Gasteiger partial charge on any atom is -0.493 e. The van der Waals surface area contributed by atoms with Crippen molar-refractivity contribution < 1.29 is 20.0 Å². The fraction of sp³-hybridized carbons (Fsp3) is 0.300. The molecule has 0 amide bonds. The first-order valence-electron chi connectivity index (χ1n) is 4.27. The van der Waals surface area contributed by atoms with Gasteiger partial charge in [-0.2, -0.15) is 0 Å². The number of carbonyl (C=O) groups excluding carboxylic acids is 1. The van der Waals surface area contributed by atoms with Gasteiger partial charge in [0.05, 0.1) is 14.2 Å². The molecule has 0 aliphatic rings. The number of carbonyl (C=O) groups is 1. The van der Waals surface area contributed by atoms with Crippen molar-refractivity contribution in [2.24, 2.45) is 0 Å². The molecule has 0 aliphatic heterocycles. The molecule has 0 radical (unpaired) electrons. The average molecular weight is 196 g/mol. The Balaban J connectivity index is 3.07. The Labute approximate surface area is 82.6 Å². The molecular weight excluding hydrogens is 182 g/mol. The second kappa shape index (κ2) is 4.62. The number of rotatable bonds is 4. The first kappa shape index (κ1) is 10.5. The highest BCUT2D eigenvalue weighted by Crippen LogP contribution is 2.27. The average Bonchev–Trinajstić information content (AvgIpc) is 2.26. The van der Waals surface area contributed by atoms with Gasteiger partial charge in [0.2, 0.25) is 5.78 Å². The molecule has 4 nitrogen and oxygen atoms in total. The maximum Gasteiger partial charge on any atom is 0.216 e. The Morgan fingerprint density at radius 2 is 1.93 bits per heavy atom. The number of hydrogen-bond acceptors (Lipinski definition) is 3. The molecule has 0 bridgehead atoms. The van der Waals surface area contributed by atoms with Crippen molar-refractivity contribution in [1.82, 2.24) is 0 Å². The van der Waals surface area contributed by atoms with Crippen molar-refractivity contribution in [2.75, 3.05) is 20.8 Å². The summed E-state index contributed by atoms with van der Waals surface area (Å²) < 4.78 is 10.1. The summed E-state index contributed by atoms with van der Waals surface area (Å²) in [4.78, 5) is 11.3. The van der Waals surface area contributed by atoms with E-state index in [-0.39, 0.29) is 12.3 Å². The number of ketones is 1. The molecule has 0 unspecified atom stereocenters. The molecule has 0 saturated carbocycles. The predicted octanol–water partition coefficient (Wildman–Crippen LogP) is 0.128. The second-order valence-electron chi connectivity index (χ2n) is 2.74. The monoisotopic (exact) mass is 196 g/mol. The van der Waals surface area contributed by atoms with Gasteiger partial charge < -0.3 is 15.2 Å². The topological polar surface area (TPSA) is 63.2 Å². The smallest absolute Gasteiger partial charge is 0.216 e. The molecule has 1 rings (SSSR count). The van der Waals surface area contributed by atoms with E-state index in [0.29, 0.717) is 17.1 Å². The van der Waals surface area contributed by atoms with Gasteiger partial charge in [-0.1, -0.05) is 0 Å². The van der Waals surface area contributed by atoms with E-state index in [4.69, 9.17) is 9.47 Å². The minimum atomic E-state index is -0.00838. The van der Waals surface area contributed by atoms with Gasteiger partial charge in [0.1, 0.15) is 6.54 Å². The SMILES string of the molecule is COc1ccc(C(=O)C[NH3+])cc1OC. The third-order valence-electron chi connectivity index (χ3n) is 1.93. The Bertz CT molecular complexity index is 336. The maximum absolute atomic E-state index is 11.3. The molecular formula is C10H14NO3+. The van der Waals surface area contributed by atoms with Crippen LogP contribution in [0.25, 0.3) is 0 Å². The Kier molecular flexibility index (Phi) is 3.48. The lowest BCUT2D eigenvalue weighted by Gasteiger charge is -2.07. The number of quaternary nitrogens is 1. The van der Waals surface area contributed by atoms with Crippen LogP contribution >= 0.6 is 0 Å². The van der Waals surface area contributed by atoms with Crippen molar-refractivity contribution in [3.8, 4) is 11.5 Å². The van der Waals surface area contributed by atoms with Crippen LogP contribution in [0.2, 0.25) is 0 Å². The molecule has 76 valence electrons. The van der Waals surface area contributed by atoms with E-state index in [1.165, 1.54) is 7.11 Å². The summed E-state index contributed by atoms with van der Waals surface area (Å²) in [6.07, 6.45) is 0. The van der Waals surface area contributed by atoms with Crippen molar-refractivity contribution in [2.45, 2.75) is 0 Å². The van der Waals surface area contributed by atoms with Crippen LogP contribution in [0.1, 0.15) is 10.4 Å². The normalized spacial score (nSPS) is 9.64. The lowest BCUT2D eigenvalue weighted by atomic mass is 10.1. The van der Waals surface area contributed by atoms with Crippen LogP contribution in [0.3, 0.4) is 0 Å². The summed E-state index contributed by atoms with van der Waals surface area (Å²) in [7, 11) is 3.09. The molecule has 0 atom stereocenters. The van der Waals surface area contributed by atoms with Gasteiger partial charge in [0.25, 0.3) is 0 Å². The standard InChI is InChI=1S/C10H13NO3/c1-13-9-4-3-7(8(12)6-11)5-10(9)14-2/h3-5H,6,11H2,1-2H3/p+1. The third kappa shape index (κ3) is 2.03.